The fourth-order valence-electron chi connectivity index (χ4n) is 3.67. The molecule has 3 aromatic rings. The van der Waals surface area contributed by atoms with Crippen LogP contribution in [0.25, 0.3) is 11.0 Å². The maximum Gasteiger partial charge on any atom is 0.228 e. The lowest BCUT2D eigenvalue weighted by Crippen LogP contribution is -2.50. The molecule has 0 saturated carbocycles. The van der Waals surface area contributed by atoms with Gasteiger partial charge in [0.15, 0.2) is 5.82 Å². The summed E-state index contributed by atoms with van der Waals surface area (Å²) in [6, 6.07) is 2.13. The summed E-state index contributed by atoms with van der Waals surface area (Å²) in [6.07, 6.45) is 4.01. The van der Waals surface area contributed by atoms with Crippen molar-refractivity contribution in [2.45, 2.75) is 39.8 Å². The van der Waals surface area contributed by atoms with E-state index in [0.717, 1.165) is 42.8 Å². The van der Waals surface area contributed by atoms with Crippen LogP contribution in [-0.2, 0) is 17.7 Å². The Balaban J connectivity index is 1.82. The van der Waals surface area contributed by atoms with E-state index in [1.54, 1.807) is 6.20 Å². The van der Waals surface area contributed by atoms with Crippen LogP contribution in [0.3, 0.4) is 0 Å². The number of anilines is 3. The van der Waals surface area contributed by atoms with E-state index in [2.05, 4.69) is 39.3 Å². The van der Waals surface area contributed by atoms with Gasteiger partial charge < -0.3 is 20.3 Å². The largest absolute Gasteiger partial charge is 0.380 e. The summed E-state index contributed by atoms with van der Waals surface area (Å²) in [5, 5.41) is 11.6. The Morgan fingerprint density at radius 3 is 2.93 bits per heavy atom. The Labute approximate surface area is 176 Å². The minimum Gasteiger partial charge on any atom is -0.380 e. The molecule has 0 amide bonds. The van der Waals surface area contributed by atoms with Crippen molar-refractivity contribution >= 4 is 28.6 Å². The number of nitrogens with one attached hydrogen (secondary N) is 2. The maximum absolute atomic E-state index is 5.56. The smallest absolute Gasteiger partial charge is 0.228 e. The molecule has 10 nitrogen and oxygen atoms in total. The third-order valence-corrected chi connectivity index (χ3v) is 5.22. The van der Waals surface area contributed by atoms with E-state index >= 15 is 0 Å². The van der Waals surface area contributed by atoms with Gasteiger partial charge in [0.2, 0.25) is 5.95 Å². The highest BCUT2D eigenvalue weighted by atomic mass is 16.5. The third-order valence-electron chi connectivity index (χ3n) is 5.22. The summed E-state index contributed by atoms with van der Waals surface area (Å²) in [5.41, 5.74) is 2.71. The molecule has 4 rings (SSSR count). The zero-order valence-electron chi connectivity index (χ0n) is 17.8. The Hall–Kier alpha value is -2.85. The van der Waals surface area contributed by atoms with Crippen molar-refractivity contribution in [3.05, 3.63) is 24.3 Å². The molecular weight excluding hydrogens is 382 g/mol. The lowest BCUT2D eigenvalue weighted by molar-refractivity contribution is 0.137. The van der Waals surface area contributed by atoms with Gasteiger partial charge in [0.05, 0.1) is 18.8 Å². The van der Waals surface area contributed by atoms with Crippen LogP contribution in [0.15, 0.2) is 18.6 Å². The predicted molar refractivity (Wildman–Crippen MR) is 116 cm³/mol. The van der Waals surface area contributed by atoms with Crippen LogP contribution in [0.5, 0.6) is 0 Å². The van der Waals surface area contributed by atoms with E-state index in [1.165, 1.54) is 6.33 Å². The molecule has 1 aliphatic heterocycles. The number of hydrogen-bond acceptors (Lipinski definition) is 9. The summed E-state index contributed by atoms with van der Waals surface area (Å²) in [5.74, 6) is 2.09. The molecule has 1 saturated heterocycles. The molecule has 30 heavy (non-hydrogen) atoms. The van der Waals surface area contributed by atoms with Gasteiger partial charge in [0.25, 0.3) is 0 Å². The molecule has 3 aromatic heterocycles. The van der Waals surface area contributed by atoms with Gasteiger partial charge in [-0.3, -0.25) is 4.68 Å². The number of aromatic nitrogens is 6. The minimum atomic E-state index is 0.307. The Morgan fingerprint density at radius 2 is 2.20 bits per heavy atom. The average molecular weight is 412 g/mol. The van der Waals surface area contributed by atoms with E-state index in [0.29, 0.717) is 43.4 Å². The van der Waals surface area contributed by atoms with Gasteiger partial charge in [0.1, 0.15) is 23.2 Å². The van der Waals surface area contributed by atoms with Crippen LogP contribution in [0, 0.1) is 0 Å². The van der Waals surface area contributed by atoms with Crippen LogP contribution < -0.4 is 15.5 Å². The van der Waals surface area contributed by atoms with Crippen molar-refractivity contribution in [2.75, 3.05) is 43.1 Å². The van der Waals surface area contributed by atoms with E-state index in [4.69, 9.17) is 19.8 Å². The fraction of sp³-hybridized carbons (Fsp3) is 0.550. The number of fused-ring (bicyclic) bond motifs is 1. The molecule has 0 aromatic carbocycles. The van der Waals surface area contributed by atoms with Crippen LogP contribution in [0.2, 0.25) is 0 Å². The van der Waals surface area contributed by atoms with Crippen molar-refractivity contribution in [1.82, 2.24) is 35.0 Å². The van der Waals surface area contributed by atoms with Crippen LogP contribution in [0.1, 0.15) is 26.5 Å². The van der Waals surface area contributed by atoms with Gasteiger partial charge in [-0.05, 0) is 26.3 Å². The van der Waals surface area contributed by atoms with Crippen molar-refractivity contribution in [2.24, 2.45) is 0 Å². The SMILES string of the molecule is CCOCCn1nc(CC)c2nc(N3CCNC[C@@H]3C)nc(Nc3ccncn3)c21. The van der Waals surface area contributed by atoms with E-state index in [-0.39, 0.29) is 0 Å². The molecule has 2 N–H and O–H groups in total. The second kappa shape index (κ2) is 9.31. The Kier molecular flexibility index (Phi) is 6.34. The summed E-state index contributed by atoms with van der Waals surface area (Å²) in [7, 11) is 0. The molecule has 0 bridgehead atoms. The topological polar surface area (TPSA) is 106 Å². The number of rotatable bonds is 8. The van der Waals surface area contributed by atoms with E-state index in [1.807, 2.05) is 17.7 Å². The van der Waals surface area contributed by atoms with Gasteiger partial charge in [-0.2, -0.15) is 10.1 Å². The van der Waals surface area contributed by atoms with Crippen molar-refractivity contribution in [3.8, 4) is 0 Å². The molecule has 1 atom stereocenters. The molecule has 160 valence electrons. The molecule has 0 aliphatic carbocycles. The summed E-state index contributed by atoms with van der Waals surface area (Å²) < 4.78 is 7.51. The van der Waals surface area contributed by atoms with Crippen molar-refractivity contribution in [1.29, 1.82) is 0 Å². The maximum atomic E-state index is 5.56. The molecular formula is C20H29N9O. The lowest BCUT2D eigenvalue weighted by atomic mass is 10.2. The minimum absolute atomic E-state index is 0.307. The van der Waals surface area contributed by atoms with Gasteiger partial charge in [-0.15, -0.1) is 0 Å². The number of hydrogen-bond donors (Lipinski definition) is 2. The standard InChI is InChI=1S/C20H29N9O/c1-4-15-17-18(29(27-15)10-11-30-5-2)19(24-16-6-7-22-13-23-16)26-20(25-17)28-9-8-21-12-14(28)3/h6-7,13-14,21H,4-5,8-12H2,1-3H3,(H,22,23,24,25,26)/t14-/m0/s1. The van der Waals surface area contributed by atoms with Crippen molar-refractivity contribution in [3.63, 3.8) is 0 Å². The number of aryl methyl sites for hydroxylation is 1. The Morgan fingerprint density at radius 1 is 1.30 bits per heavy atom. The first-order chi connectivity index (χ1) is 14.7. The number of ether oxygens (including phenoxy) is 1. The molecule has 0 radical (unpaired) electrons. The van der Waals surface area contributed by atoms with Crippen molar-refractivity contribution < 1.29 is 4.74 Å². The van der Waals surface area contributed by atoms with Crippen LogP contribution in [-0.4, -0.2) is 68.6 Å². The molecule has 0 unspecified atom stereocenters. The van der Waals surface area contributed by atoms with E-state index < -0.39 is 0 Å². The highest BCUT2D eigenvalue weighted by Crippen LogP contribution is 2.29. The lowest BCUT2D eigenvalue weighted by Gasteiger charge is -2.34. The zero-order valence-corrected chi connectivity index (χ0v) is 17.8. The van der Waals surface area contributed by atoms with Gasteiger partial charge in [-0.25, -0.2) is 15.0 Å². The summed E-state index contributed by atoms with van der Waals surface area (Å²) in [6.45, 7) is 10.8. The molecule has 4 heterocycles. The average Bonchev–Trinajstić information content (AvgIpc) is 3.13. The second-order valence-corrected chi connectivity index (χ2v) is 7.26. The number of nitrogens with zero attached hydrogens (tertiary/aromatic N) is 7. The zero-order chi connectivity index (χ0) is 20.9. The summed E-state index contributed by atoms with van der Waals surface area (Å²) >= 11 is 0. The number of piperazine rings is 1. The normalized spacial score (nSPS) is 16.9. The first-order valence-electron chi connectivity index (χ1n) is 10.6. The van der Waals surface area contributed by atoms with Gasteiger partial charge in [0, 0.05) is 38.5 Å². The monoisotopic (exact) mass is 411 g/mol. The molecule has 0 spiro atoms. The molecule has 1 fully saturated rings. The highest BCUT2D eigenvalue weighted by Gasteiger charge is 2.25. The second-order valence-electron chi connectivity index (χ2n) is 7.26. The first-order valence-corrected chi connectivity index (χ1v) is 10.6. The quantitative estimate of drug-likeness (QED) is 0.536. The third kappa shape index (κ3) is 4.19. The summed E-state index contributed by atoms with van der Waals surface area (Å²) in [4.78, 5) is 20.4. The van der Waals surface area contributed by atoms with Crippen LogP contribution in [0.4, 0.5) is 17.6 Å². The first kappa shape index (κ1) is 20.4. The predicted octanol–water partition coefficient (Wildman–Crippen LogP) is 1.76. The molecule has 1 aliphatic rings. The highest BCUT2D eigenvalue weighted by molar-refractivity contribution is 5.90. The fourth-order valence-corrected chi connectivity index (χ4v) is 3.67. The van der Waals surface area contributed by atoms with E-state index in [9.17, 15) is 0 Å². The molecule has 10 heteroatoms. The Bertz CT molecular complexity index is 975. The van der Waals surface area contributed by atoms with Gasteiger partial charge in [-0.1, -0.05) is 6.92 Å². The van der Waals surface area contributed by atoms with Gasteiger partial charge >= 0.3 is 0 Å². The van der Waals surface area contributed by atoms with Crippen LogP contribution >= 0.6 is 0 Å².